The third-order valence-electron chi connectivity index (χ3n) is 3.29. The van der Waals surface area contributed by atoms with Crippen molar-refractivity contribution in [3.8, 4) is 0 Å². The molecule has 96 valence electrons. The molecule has 1 saturated carbocycles. The molecule has 0 unspecified atom stereocenters. The molecule has 0 aliphatic heterocycles. The van der Waals surface area contributed by atoms with Crippen LogP contribution < -0.4 is 0 Å². The highest BCUT2D eigenvalue weighted by Crippen LogP contribution is 2.52. The molecular weight excluding hydrogens is 258 g/mol. The number of nitro benzene ring substituents is 1. The predicted molar refractivity (Wildman–Crippen MR) is 64.2 cm³/mol. The minimum Gasteiger partial charge on any atom is -0.298 e. The summed E-state index contributed by atoms with van der Waals surface area (Å²) in [6.45, 7) is 0. The van der Waals surface area contributed by atoms with E-state index < -0.39 is 19.5 Å². The number of sulfone groups is 1. The molecule has 0 spiro atoms. The Morgan fingerprint density at radius 1 is 1.39 bits per heavy atom. The van der Waals surface area contributed by atoms with Gasteiger partial charge in [-0.25, -0.2) is 8.42 Å². The van der Waals surface area contributed by atoms with Gasteiger partial charge < -0.3 is 0 Å². The second-order valence-electron chi connectivity index (χ2n) is 4.42. The molecule has 0 N–H and O–H groups in total. The third-order valence-corrected chi connectivity index (χ3v) is 5.35. The Kier molecular flexibility index (Phi) is 2.73. The van der Waals surface area contributed by atoms with Crippen LogP contribution in [0.2, 0.25) is 0 Å². The molecule has 6 nitrogen and oxygen atoms in total. The van der Waals surface area contributed by atoms with Crippen LogP contribution in [0.4, 0.5) is 5.69 Å². The van der Waals surface area contributed by atoms with Crippen LogP contribution in [0.25, 0.3) is 0 Å². The van der Waals surface area contributed by atoms with E-state index in [0.29, 0.717) is 24.7 Å². The van der Waals surface area contributed by atoms with Gasteiger partial charge in [-0.05, 0) is 24.5 Å². The third kappa shape index (κ3) is 1.80. The molecule has 1 aromatic rings. The number of hydrogen-bond donors (Lipinski definition) is 0. The van der Waals surface area contributed by atoms with Crippen molar-refractivity contribution in [3.05, 3.63) is 39.4 Å². The van der Waals surface area contributed by atoms with Gasteiger partial charge >= 0.3 is 0 Å². The molecular formula is C11H11NO5S. The van der Waals surface area contributed by atoms with E-state index in [2.05, 4.69) is 0 Å². The number of benzene rings is 1. The van der Waals surface area contributed by atoms with E-state index in [1.807, 2.05) is 0 Å². The Morgan fingerprint density at radius 2 is 2.00 bits per heavy atom. The zero-order valence-electron chi connectivity index (χ0n) is 9.62. The van der Waals surface area contributed by atoms with Crippen LogP contribution in [-0.4, -0.2) is 25.9 Å². The van der Waals surface area contributed by atoms with E-state index in [-0.39, 0.29) is 11.3 Å². The summed E-state index contributed by atoms with van der Waals surface area (Å²) in [6.07, 6.45) is 2.49. The van der Waals surface area contributed by atoms with E-state index >= 15 is 0 Å². The lowest BCUT2D eigenvalue weighted by atomic mass is 10.1. The fourth-order valence-corrected chi connectivity index (χ4v) is 3.48. The summed E-state index contributed by atoms with van der Waals surface area (Å²) in [6, 6.07) is 3.91. The normalized spacial score (nSPS) is 17.2. The topological polar surface area (TPSA) is 94.3 Å². The largest absolute Gasteiger partial charge is 0.298 e. The average molecular weight is 269 g/mol. The van der Waals surface area contributed by atoms with Crippen LogP contribution in [0.5, 0.6) is 0 Å². The summed E-state index contributed by atoms with van der Waals surface area (Å²) in [5.41, 5.74) is 0.0585. The summed E-state index contributed by atoms with van der Waals surface area (Å²) >= 11 is 0. The quantitative estimate of drug-likeness (QED) is 0.468. The van der Waals surface area contributed by atoms with Gasteiger partial charge in [0.25, 0.3) is 5.69 Å². The molecule has 1 fully saturated rings. The Balaban J connectivity index is 2.56. The van der Waals surface area contributed by atoms with E-state index in [0.717, 1.165) is 6.26 Å². The van der Waals surface area contributed by atoms with Gasteiger partial charge in [0.15, 0.2) is 16.1 Å². The molecule has 1 aliphatic carbocycles. The van der Waals surface area contributed by atoms with Gasteiger partial charge in [0.2, 0.25) is 0 Å². The Labute approximate surface area is 104 Å². The SMILES string of the molecule is CS(=O)(=O)C1(c2ccc([N+](=O)[O-])c(C=O)c2)CC1. The number of aldehydes is 1. The number of hydrogen-bond acceptors (Lipinski definition) is 5. The van der Waals surface area contributed by atoms with Crippen molar-refractivity contribution in [2.75, 3.05) is 6.26 Å². The van der Waals surface area contributed by atoms with Crippen LogP contribution >= 0.6 is 0 Å². The van der Waals surface area contributed by atoms with E-state index in [1.165, 1.54) is 18.2 Å². The summed E-state index contributed by atoms with van der Waals surface area (Å²) in [5, 5.41) is 10.7. The minimum atomic E-state index is -3.29. The van der Waals surface area contributed by atoms with Crippen LogP contribution in [0.1, 0.15) is 28.8 Å². The van der Waals surface area contributed by atoms with Crippen molar-refractivity contribution in [2.24, 2.45) is 0 Å². The Bertz CT molecular complexity index is 631. The first-order valence-electron chi connectivity index (χ1n) is 5.25. The van der Waals surface area contributed by atoms with Crippen LogP contribution in [0.3, 0.4) is 0 Å². The maximum Gasteiger partial charge on any atom is 0.279 e. The number of nitrogens with zero attached hydrogens (tertiary/aromatic N) is 1. The highest BCUT2D eigenvalue weighted by molar-refractivity contribution is 7.92. The maximum absolute atomic E-state index is 11.7. The van der Waals surface area contributed by atoms with Crippen LogP contribution in [0.15, 0.2) is 18.2 Å². The van der Waals surface area contributed by atoms with Crippen molar-refractivity contribution >= 4 is 21.8 Å². The van der Waals surface area contributed by atoms with Crippen molar-refractivity contribution in [1.82, 2.24) is 0 Å². The summed E-state index contributed by atoms with van der Waals surface area (Å²) in [4.78, 5) is 20.9. The summed E-state index contributed by atoms with van der Waals surface area (Å²) in [7, 11) is -3.29. The molecule has 0 radical (unpaired) electrons. The smallest absolute Gasteiger partial charge is 0.279 e. The monoisotopic (exact) mass is 269 g/mol. The molecule has 0 aromatic heterocycles. The lowest BCUT2D eigenvalue weighted by molar-refractivity contribution is -0.385. The molecule has 1 aliphatic rings. The second-order valence-corrected chi connectivity index (χ2v) is 6.74. The molecule has 2 rings (SSSR count). The minimum absolute atomic E-state index is 0.0903. The molecule has 0 amide bonds. The number of carbonyl (C=O) groups excluding carboxylic acids is 1. The van der Waals surface area contributed by atoms with E-state index in [9.17, 15) is 23.3 Å². The number of carbonyl (C=O) groups is 1. The molecule has 0 atom stereocenters. The van der Waals surface area contributed by atoms with Crippen molar-refractivity contribution in [2.45, 2.75) is 17.6 Å². The van der Waals surface area contributed by atoms with Crippen molar-refractivity contribution in [3.63, 3.8) is 0 Å². The lowest BCUT2D eigenvalue weighted by Gasteiger charge is -2.13. The molecule has 0 saturated heterocycles. The highest BCUT2D eigenvalue weighted by atomic mass is 32.2. The number of nitro groups is 1. The van der Waals surface area contributed by atoms with E-state index in [1.54, 1.807) is 0 Å². The second kappa shape index (κ2) is 3.88. The zero-order chi connectivity index (χ0) is 13.6. The first-order valence-corrected chi connectivity index (χ1v) is 7.15. The highest BCUT2D eigenvalue weighted by Gasteiger charge is 2.53. The number of rotatable bonds is 4. The molecule has 0 heterocycles. The van der Waals surface area contributed by atoms with Crippen molar-refractivity contribution < 1.29 is 18.1 Å². The fraction of sp³-hybridized carbons (Fsp3) is 0.364. The molecule has 1 aromatic carbocycles. The Morgan fingerprint density at radius 3 is 2.39 bits per heavy atom. The van der Waals surface area contributed by atoms with Gasteiger partial charge in [-0.1, -0.05) is 6.07 Å². The van der Waals surface area contributed by atoms with Gasteiger partial charge in [-0.2, -0.15) is 0 Å². The van der Waals surface area contributed by atoms with E-state index in [4.69, 9.17) is 0 Å². The van der Waals surface area contributed by atoms with Crippen LogP contribution in [-0.2, 0) is 14.6 Å². The summed E-state index contributed by atoms with van der Waals surface area (Å²) < 4.78 is 22.5. The lowest BCUT2D eigenvalue weighted by Crippen LogP contribution is -2.19. The fourth-order valence-electron chi connectivity index (χ4n) is 2.09. The van der Waals surface area contributed by atoms with Gasteiger partial charge in [0.05, 0.1) is 15.2 Å². The molecule has 18 heavy (non-hydrogen) atoms. The van der Waals surface area contributed by atoms with Crippen LogP contribution in [0, 0.1) is 10.1 Å². The van der Waals surface area contributed by atoms with Gasteiger partial charge in [0, 0.05) is 12.3 Å². The molecule has 0 bridgehead atoms. The molecule has 7 heteroatoms. The zero-order valence-corrected chi connectivity index (χ0v) is 10.4. The first kappa shape index (κ1) is 12.7. The standard InChI is InChI=1S/C11H11NO5S/c1-18(16,17)11(4-5-11)9-2-3-10(12(14)15)8(6-9)7-13/h2-3,6-7H,4-5H2,1H3. The summed E-state index contributed by atoms with van der Waals surface area (Å²) in [5.74, 6) is 0. The van der Waals surface area contributed by atoms with Gasteiger partial charge in [-0.3, -0.25) is 14.9 Å². The van der Waals surface area contributed by atoms with Gasteiger partial charge in [-0.15, -0.1) is 0 Å². The predicted octanol–water partition coefficient (Wildman–Crippen LogP) is 1.44. The van der Waals surface area contributed by atoms with Crippen molar-refractivity contribution in [1.29, 1.82) is 0 Å². The maximum atomic E-state index is 11.7. The average Bonchev–Trinajstić information content (AvgIpc) is 3.08. The Hall–Kier alpha value is -1.76. The first-order chi connectivity index (χ1) is 8.32. The van der Waals surface area contributed by atoms with Gasteiger partial charge in [0.1, 0.15) is 0 Å².